The molecule has 0 saturated heterocycles. The average molecular weight is 319 g/mol. The largest absolute Gasteiger partial charge is 0.370 e. The summed E-state index contributed by atoms with van der Waals surface area (Å²) in [6, 6.07) is 4.52. The lowest BCUT2D eigenvalue weighted by molar-refractivity contribution is -0.136. The number of fused-ring (bicyclic) bond motifs is 1. The number of amides is 2. The molecular formula is C17H22FN3O2. The molecule has 0 saturated carbocycles. The van der Waals surface area contributed by atoms with Crippen LogP contribution < -0.4 is 11.5 Å². The molecule has 1 atom stereocenters. The number of hydrogen-bond acceptors (Lipinski definition) is 2. The number of H-pyrrole nitrogens is 1. The molecule has 0 aliphatic heterocycles. The Kier molecular flexibility index (Phi) is 4.73. The summed E-state index contributed by atoms with van der Waals surface area (Å²) in [5.41, 5.74) is 11.6. The predicted molar refractivity (Wildman–Crippen MR) is 86.9 cm³/mol. The first kappa shape index (κ1) is 17.0. The van der Waals surface area contributed by atoms with E-state index in [-0.39, 0.29) is 18.2 Å². The third-order valence-electron chi connectivity index (χ3n) is 4.66. The molecule has 23 heavy (non-hydrogen) atoms. The number of nitrogens with one attached hydrogen (secondary N) is 1. The molecule has 2 aromatic rings. The Morgan fingerprint density at radius 3 is 2.57 bits per heavy atom. The van der Waals surface area contributed by atoms with Crippen molar-refractivity contribution >= 4 is 22.7 Å². The molecule has 0 radical (unpaired) electrons. The van der Waals surface area contributed by atoms with E-state index in [1.807, 2.05) is 13.8 Å². The van der Waals surface area contributed by atoms with Crippen LogP contribution in [0, 0.1) is 17.2 Å². The van der Waals surface area contributed by atoms with Crippen molar-refractivity contribution in [1.29, 1.82) is 0 Å². The lowest BCUT2D eigenvalue weighted by Gasteiger charge is -2.33. The third-order valence-corrected chi connectivity index (χ3v) is 4.66. The molecule has 0 aliphatic rings. The Bertz CT molecular complexity index is 739. The lowest BCUT2D eigenvalue weighted by Crippen LogP contribution is -2.44. The van der Waals surface area contributed by atoms with Gasteiger partial charge in [0.2, 0.25) is 11.8 Å². The highest BCUT2D eigenvalue weighted by Gasteiger charge is 2.41. The van der Waals surface area contributed by atoms with E-state index in [9.17, 15) is 14.0 Å². The molecule has 124 valence electrons. The number of hydrogen-bond donors (Lipinski definition) is 3. The molecule has 1 heterocycles. The molecule has 5 N–H and O–H groups in total. The molecule has 1 aromatic carbocycles. The normalized spacial score (nSPS) is 14.1. The number of nitrogens with two attached hydrogens (primary N) is 2. The molecular weight excluding hydrogens is 297 g/mol. The van der Waals surface area contributed by atoms with Gasteiger partial charge in [-0.1, -0.05) is 13.8 Å². The number of halogens is 1. The van der Waals surface area contributed by atoms with Crippen LogP contribution in [0.1, 0.15) is 32.3 Å². The molecule has 6 heteroatoms. The fraction of sp³-hybridized carbons (Fsp3) is 0.412. The minimum Gasteiger partial charge on any atom is -0.370 e. The molecule has 1 aromatic heterocycles. The summed E-state index contributed by atoms with van der Waals surface area (Å²) < 4.78 is 13.2. The van der Waals surface area contributed by atoms with E-state index in [1.165, 1.54) is 12.1 Å². The van der Waals surface area contributed by atoms with Gasteiger partial charge in [0.25, 0.3) is 0 Å². The predicted octanol–water partition coefficient (Wildman–Crippen LogP) is 2.24. The lowest BCUT2D eigenvalue weighted by atomic mass is 9.70. The Morgan fingerprint density at radius 2 is 2.00 bits per heavy atom. The molecule has 2 amide bonds. The number of benzene rings is 1. The van der Waals surface area contributed by atoms with Gasteiger partial charge in [-0.15, -0.1) is 0 Å². The zero-order valence-electron chi connectivity index (χ0n) is 13.4. The van der Waals surface area contributed by atoms with Gasteiger partial charge in [-0.3, -0.25) is 9.59 Å². The van der Waals surface area contributed by atoms with E-state index in [0.29, 0.717) is 18.4 Å². The van der Waals surface area contributed by atoms with Crippen LogP contribution in [0.2, 0.25) is 0 Å². The van der Waals surface area contributed by atoms with Crippen molar-refractivity contribution in [3.63, 3.8) is 0 Å². The highest BCUT2D eigenvalue weighted by Crippen LogP contribution is 2.37. The molecule has 0 fully saturated rings. The van der Waals surface area contributed by atoms with Crippen LogP contribution in [0.3, 0.4) is 0 Å². The summed E-state index contributed by atoms with van der Waals surface area (Å²) >= 11 is 0. The number of carbonyl (C=O) groups is 2. The first-order valence-corrected chi connectivity index (χ1v) is 7.60. The van der Waals surface area contributed by atoms with Gasteiger partial charge >= 0.3 is 0 Å². The summed E-state index contributed by atoms with van der Waals surface area (Å²) in [7, 11) is 0. The number of primary amides is 2. The van der Waals surface area contributed by atoms with Crippen molar-refractivity contribution in [2.24, 2.45) is 22.8 Å². The molecule has 2 rings (SSSR count). The molecule has 0 aliphatic carbocycles. The SMILES string of the molecule is CC(C)C(CCc1c[nH]c2cc(F)ccc12)(CC(N)=O)C(N)=O. The van der Waals surface area contributed by atoms with E-state index in [2.05, 4.69) is 4.98 Å². The van der Waals surface area contributed by atoms with Gasteiger partial charge in [0.05, 0.1) is 5.41 Å². The number of aryl methyl sites for hydroxylation is 1. The summed E-state index contributed by atoms with van der Waals surface area (Å²) in [5.74, 6) is -1.49. The van der Waals surface area contributed by atoms with Gasteiger partial charge < -0.3 is 16.5 Å². The second-order valence-corrected chi connectivity index (χ2v) is 6.32. The second-order valence-electron chi connectivity index (χ2n) is 6.32. The maximum absolute atomic E-state index is 13.2. The van der Waals surface area contributed by atoms with Crippen molar-refractivity contribution < 1.29 is 14.0 Å². The monoisotopic (exact) mass is 319 g/mol. The fourth-order valence-corrected chi connectivity index (χ4v) is 3.11. The molecule has 0 spiro atoms. The van der Waals surface area contributed by atoms with E-state index in [4.69, 9.17) is 11.5 Å². The highest BCUT2D eigenvalue weighted by atomic mass is 19.1. The smallest absolute Gasteiger partial charge is 0.224 e. The Morgan fingerprint density at radius 1 is 1.30 bits per heavy atom. The Hall–Kier alpha value is -2.37. The van der Waals surface area contributed by atoms with Gasteiger partial charge in [-0.2, -0.15) is 0 Å². The standard InChI is InChI=1S/C17H22FN3O2/c1-10(2)17(16(20)23,8-15(19)22)6-5-11-9-21-14-7-12(18)3-4-13(11)14/h3-4,7,9-10,21H,5-6,8H2,1-2H3,(H2,19,22)(H2,20,23). The molecule has 1 unspecified atom stereocenters. The maximum atomic E-state index is 13.2. The maximum Gasteiger partial charge on any atom is 0.224 e. The minimum absolute atomic E-state index is 0.0724. The minimum atomic E-state index is -0.977. The Labute approximate surface area is 134 Å². The van der Waals surface area contributed by atoms with Crippen LogP contribution in [0.5, 0.6) is 0 Å². The quantitative estimate of drug-likeness (QED) is 0.728. The van der Waals surface area contributed by atoms with Gasteiger partial charge in [0.15, 0.2) is 0 Å². The van der Waals surface area contributed by atoms with E-state index in [1.54, 1.807) is 12.3 Å². The third kappa shape index (κ3) is 3.36. The van der Waals surface area contributed by atoms with Gasteiger partial charge in [-0.25, -0.2) is 4.39 Å². The van der Waals surface area contributed by atoms with Crippen molar-refractivity contribution in [2.75, 3.05) is 0 Å². The first-order chi connectivity index (χ1) is 10.8. The van der Waals surface area contributed by atoms with Crippen molar-refractivity contribution in [3.05, 3.63) is 35.8 Å². The summed E-state index contributed by atoms with van der Waals surface area (Å²) in [4.78, 5) is 26.4. The van der Waals surface area contributed by atoms with Crippen LogP contribution in [0.15, 0.2) is 24.4 Å². The summed E-state index contributed by atoms with van der Waals surface area (Å²) in [6.07, 6.45) is 2.67. The molecule has 0 bridgehead atoms. The number of rotatable bonds is 7. The van der Waals surface area contributed by atoms with E-state index >= 15 is 0 Å². The number of carbonyl (C=O) groups excluding carboxylic acids is 2. The fourth-order valence-electron chi connectivity index (χ4n) is 3.11. The van der Waals surface area contributed by atoms with E-state index < -0.39 is 17.2 Å². The first-order valence-electron chi connectivity index (χ1n) is 7.60. The average Bonchev–Trinajstić information content (AvgIpc) is 2.84. The van der Waals surface area contributed by atoms with Crippen LogP contribution in [-0.4, -0.2) is 16.8 Å². The van der Waals surface area contributed by atoms with Crippen molar-refractivity contribution in [3.8, 4) is 0 Å². The van der Waals surface area contributed by atoms with Crippen LogP contribution in [-0.2, 0) is 16.0 Å². The van der Waals surface area contributed by atoms with Gasteiger partial charge in [-0.05, 0) is 42.5 Å². The van der Waals surface area contributed by atoms with E-state index in [0.717, 1.165) is 10.9 Å². The zero-order chi connectivity index (χ0) is 17.2. The topological polar surface area (TPSA) is 102 Å². The molecule has 5 nitrogen and oxygen atoms in total. The summed E-state index contributed by atoms with van der Waals surface area (Å²) in [5, 5.41) is 0.896. The zero-order valence-corrected chi connectivity index (χ0v) is 13.4. The van der Waals surface area contributed by atoms with Crippen molar-refractivity contribution in [1.82, 2.24) is 4.98 Å². The Balaban J connectivity index is 2.29. The highest BCUT2D eigenvalue weighted by molar-refractivity contribution is 5.88. The number of aromatic nitrogens is 1. The van der Waals surface area contributed by atoms with Crippen LogP contribution in [0.4, 0.5) is 4.39 Å². The van der Waals surface area contributed by atoms with Crippen LogP contribution >= 0.6 is 0 Å². The van der Waals surface area contributed by atoms with Gasteiger partial charge in [0.1, 0.15) is 5.82 Å². The van der Waals surface area contributed by atoms with Gasteiger partial charge in [0, 0.05) is 23.5 Å². The second kappa shape index (κ2) is 6.40. The van der Waals surface area contributed by atoms with Crippen LogP contribution in [0.25, 0.3) is 10.9 Å². The van der Waals surface area contributed by atoms with Crippen molar-refractivity contribution in [2.45, 2.75) is 33.1 Å². The summed E-state index contributed by atoms with van der Waals surface area (Å²) in [6.45, 7) is 3.72. The number of aromatic amines is 1.